The zero-order chi connectivity index (χ0) is 17.1. The van der Waals surface area contributed by atoms with E-state index < -0.39 is 0 Å². The van der Waals surface area contributed by atoms with E-state index in [0.29, 0.717) is 5.92 Å². The van der Waals surface area contributed by atoms with Crippen molar-refractivity contribution in [3.63, 3.8) is 0 Å². The number of amides is 1. The topological polar surface area (TPSA) is 42.0 Å². The monoisotopic (exact) mass is 314 g/mol. The Morgan fingerprint density at radius 2 is 2.04 bits per heavy atom. The van der Waals surface area contributed by atoms with Gasteiger partial charge in [-0.15, -0.1) is 0 Å². The van der Waals surface area contributed by atoms with E-state index in [4.69, 9.17) is 0 Å². The molecule has 1 aliphatic rings. The van der Waals surface area contributed by atoms with Gasteiger partial charge in [-0.1, -0.05) is 58.8 Å². The highest BCUT2D eigenvalue weighted by molar-refractivity contribution is 5.98. The van der Waals surface area contributed by atoms with Crippen LogP contribution in [0.25, 0.3) is 6.08 Å². The fourth-order valence-corrected chi connectivity index (χ4v) is 2.78. The largest absolute Gasteiger partial charge is 0.321 e. The van der Waals surface area contributed by atoms with Gasteiger partial charge >= 0.3 is 0 Å². The Morgan fingerprint density at radius 3 is 2.65 bits per heavy atom. The molecule has 0 unspecified atom stereocenters. The lowest BCUT2D eigenvalue weighted by Crippen LogP contribution is -2.08. The van der Waals surface area contributed by atoms with Gasteiger partial charge in [0.25, 0.3) is 0 Å². The summed E-state index contributed by atoms with van der Waals surface area (Å²) in [6, 6.07) is 1.99. The molecule has 2 rings (SSSR count). The van der Waals surface area contributed by atoms with Gasteiger partial charge in [0.2, 0.25) is 5.91 Å². The number of aryl methyl sites for hydroxylation is 1. The predicted octanol–water partition coefficient (Wildman–Crippen LogP) is 5.39. The molecule has 0 aromatic carbocycles. The lowest BCUT2D eigenvalue weighted by molar-refractivity contribution is -0.111. The van der Waals surface area contributed by atoms with Crippen molar-refractivity contribution in [3.05, 3.63) is 42.3 Å². The van der Waals surface area contributed by atoms with E-state index >= 15 is 0 Å². The van der Waals surface area contributed by atoms with Gasteiger partial charge in [-0.2, -0.15) is 0 Å². The Bertz CT molecular complexity index is 528. The summed E-state index contributed by atoms with van der Waals surface area (Å²) in [6.07, 6.45) is 15.0. The van der Waals surface area contributed by atoms with Crippen molar-refractivity contribution in [3.8, 4) is 0 Å². The van der Waals surface area contributed by atoms with Crippen LogP contribution in [-0.4, -0.2) is 10.9 Å². The van der Waals surface area contributed by atoms with Crippen LogP contribution in [0.2, 0.25) is 0 Å². The van der Waals surface area contributed by atoms with Crippen LogP contribution in [0, 0.1) is 5.92 Å². The van der Waals surface area contributed by atoms with Gasteiger partial charge in [-0.3, -0.25) is 9.78 Å². The van der Waals surface area contributed by atoms with Gasteiger partial charge in [-0.25, -0.2) is 0 Å². The lowest BCUT2D eigenvalue weighted by atomic mass is 9.88. The molecule has 3 heteroatoms. The van der Waals surface area contributed by atoms with E-state index in [1.54, 1.807) is 6.20 Å². The van der Waals surface area contributed by atoms with Crippen LogP contribution in [0.5, 0.6) is 0 Å². The minimum absolute atomic E-state index is 0.205. The number of nitrogens with one attached hydrogen (secondary N) is 1. The number of anilines is 1. The molecule has 0 aliphatic heterocycles. The standard InChI is InChI=1S/C18H24N2O.C2H6/c1-3-17-15(11-10-14-8-6-5-7-9-14)12-16(13-19-17)20-18(21)4-2;1-2/h4,10-14H,2-3,5-9H2,1H3,(H,20,21);1-2H3/b11-10+;. The summed E-state index contributed by atoms with van der Waals surface area (Å²) in [5.74, 6) is 0.484. The first-order valence-electron chi connectivity index (χ1n) is 8.83. The van der Waals surface area contributed by atoms with Crippen molar-refractivity contribution in [2.24, 2.45) is 5.92 Å². The molecule has 1 saturated carbocycles. The zero-order valence-electron chi connectivity index (χ0n) is 14.8. The second-order valence-electron chi connectivity index (χ2n) is 5.56. The molecule has 126 valence electrons. The lowest BCUT2D eigenvalue weighted by Gasteiger charge is -2.18. The van der Waals surface area contributed by atoms with Crippen LogP contribution < -0.4 is 5.32 Å². The minimum Gasteiger partial charge on any atom is -0.321 e. The number of allylic oxidation sites excluding steroid dienone is 1. The predicted molar refractivity (Wildman–Crippen MR) is 99.4 cm³/mol. The zero-order valence-corrected chi connectivity index (χ0v) is 14.8. The molecule has 3 nitrogen and oxygen atoms in total. The SMILES string of the molecule is C=CC(=O)Nc1cnc(CC)c(/C=C/C2CCCCC2)c1.CC. The van der Waals surface area contributed by atoms with Crippen LogP contribution >= 0.6 is 0 Å². The van der Waals surface area contributed by atoms with E-state index in [1.165, 1.54) is 38.2 Å². The van der Waals surface area contributed by atoms with E-state index in [9.17, 15) is 4.79 Å². The van der Waals surface area contributed by atoms with Crippen LogP contribution in [0.4, 0.5) is 5.69 Å². The average Bonchev–Trinajstić information content (AvgIpc) is 2.62. The second-order valence-corrected chi connectivity index (χ2v) is 5.56. The Kier molecular flexibility index (Phi) is 8.96. The average molecular weight is 314 g/mol. The highest BCUT2D eigenvalue weighted by atomic mass is 16.1. The number of carbonyl (C=O) groups excluding carboxylic acids is 1. The van der Waals surface area contributed by atoms with Crippen molar-refractivity contribution >= 4 is 17.7 Å². The molecular weight excluding hydrogens is 284 g/mol. The molecule has 1 aliphatic carbocycles. The molecule has 1 aromatic rings. The number of nitrogens with zero attached hydrogens (tertiary/aromatic N) is 1. The Hall–Kier alpha value is -1.90. The molecule has 0 saturated heterocycles. The van der Waals surface area contributed by atoms with Crippen LogP contribution in [-0.2, 0) is 11.2 Å². The van der Waals surface area contributed by atoms with E-state index in [1.807, 2.05) is 19.9 Å². The van der Waals surface area contributed by atoms with E-state index in [-0.39, 0.29) is 5.91 Å². The quantitative estimate of drug-likeness (QED) is 0.740. The molecule has 1 heterocycles. The van der Waals surface area contributed by atoms with Gasteiger partial charge in [0.05, 0.1) is 11.9 Å². The molecule has 1 fully saturated rings. The maximum Gasteiger partial charge on any atom is 0.247 e. The minimum atomic E-state index is -0.205. The molecule has 1 aromatic heterocycles. The number of aromatic nitrogens is 1. The number of pyridine rings is 1. The summed E-state index contributed by atoms with van der Waals surface area (Å²) >= 11 is 0. The molecule has 0 radical (unpaired) electrons. The van der Waals surface area contributed by atoms with Crippen LogP contribution in [0.1, 0.15) is 64.1 Å². The molecule has 1 N–H and O–H groups in total. The van der Waals surface area contributed by atoms with Gasteiger partial charge in [0, 0.05) is 5.69 Å². The fraction of sp³-hybridized carbons (Fsp3) is 0.500. The van der Waals surface area contributed by atoms with Crippen molar-refractivity contribution in [2.45, 2.75) is 59.3 Å². The van der Waals surface area contributed by atoms with Crippen molar-refractivity contribution in [1.29, 1.82) is 0 Å². The molecule has 0 spiro atoms. The van der Waals surface area contributed by atoms with Crippen molar-refractivity contribution < 1.29 is 4.79 Å². The number of hydrogen-bond acceptors (Lipinski definition) is 2. The summed E-state index contributed by atoms with van der Waals surface area (Å²) < 4.78 is 0. The molecular formula is C20H30N2O. The van der Waals surface area contributed by atoms with Crippen LogP contribution in [0.15, 0.2) is 31.0 Å². The molecule has 0 bridgehead atoms. The maximum atomic E-state index is 11.4. The Morgan fingerprint density at radius 1 is 1.35 bits per heavy atom. The van der Waals surface area contributed by atoms with Gasteiger partial charge in [0.1, 0.15) is 0 Å². The summed E-state index contributed by atoms with van der Waals surface area (Å²) in [7, 11) is 0. The van der Waals surface area contributed by atoms with Crippen molar-refractivity contribution in [1.82, 2.24) is 4.98 Å². The van der Waals surface area contributed by atoms with Gasteiger partial charge < -0.3 is 5.32 Å². The number of rotatable bonds is 5. The van der Waals surface area contributed by atoms with Gasteiger partial charge in [-0.05, 0) is 42.9 Å². The van der Waals surface area contributed by atoms with Crippen molar-refractivity contribution in [2.75, 3.05) is 5.32 Å². The first kappa shape index (κ1) is 19.1. The molecule has 0 atom stereocenters. The molecule has 1 amide bonds. The highest BCUT2D eigenvalue weighted by Crippen LogP contribution is 2.26. The highest BCUT2D eigenvalue weighted by Gasteiger charge is 2.10. The normalized spacial score (nSPS) is 14.9. The maximum absolute atomic E-state index is 11.4. The fourth-order valence-electron chi connectivity index (χ4n) is 2.78. The summed E-state index contributed by atoms with van der Waals surface area (Å²) in [4.78, 5) is 15.8. The summed E-state index contributed by atoms with van der Waals surface area (Å²) in [6.45, 7) is 9.56. The summed E-state index contributed by atoms with van der Waals surface area (Å²) in [5, 5.41) is 2.77. The number of carbonyl (C=O) groups is 1. The number of hydrogen-bond donors (Lipinski definition) is 1. The van der Waals surface area contributed by atoms with E-state index in [0.717, 1.165) is 23.4 Å². The van der Waals surface area contributed by atoms with E-state index in [2.05, 4.69) is 36.0 Å². The third-order valence-electron chi connectivity index (χ3n) is 3.99. The second kappa shape index (κ2) is 10.8. The molecule has 23 heavy (non-hydrogen) atoms. The Labute approximate surface area is 140 Å². The van der Waals surface area contributed by atoms with Crippen LogP contribution in [0.3, 0.4) is 0 Å². The Balaban J connectivity index is 0.00000127. The first-order chi connectivity index (χ1) is 11.2. The smallest absolute Gasteiger partial charge is 0.247 e. The summed E-state index contributed by atoms with van der Waals surface area (Å²) in [5.41, 5.74) is 2.89. The van der Waals surface area contributed by atoms with Gasteiger partial charge in [0.15, 0.2) is 0 Å². The first-order valence-corrected chi connectivity index (χ1v) is 8.83. The third kappa shape index (κ3) is 6.39. The third-order valence-corrected chi connectivity index (χ3v) is 3.99.